The highest BCUT2D eigenvalue weighted by molar-refractivity contribution is 6.30. The molecule has 1 amide bonds. The average molecular weight is 552 g/mol. The number of rotatable bonds is 8. The summed E-state index contributed by atoms with van der Waals surface area (Å²) in [5.41, 5.74) is 2.60. The van der Waals surface area contributed by atoms with Gasteiger partial charge in [0.05, 0.1) is 25.3 Å². The van der Waals surface area contributed by atoms with Gasteiger partial charge in [-0.1, -0.05) is 29.8 Å². The summed E-state index contributed by atoms with van der Waals surface area (Å²) in [6.45, 7) is 5.55. The van der Waals surface area contributed by atoms with Crippen LogP contribution in [0.1, 0.15) is 60.3 Å². The molecule has 0 saturated heterocycles. The average Bonchev–Trinajstić information content (AvgIpc) is 2.90. The number of benzene rings is 3. The van der Waals surface area contributed by atoms with E-state index in [1.54, 1.807) is 47.4 Å². The van der Waals surface area contributed by atoms with Crippen molar-refractivity contribution >= 4 is 24.0 Å². The van der Waals surface area contributed by atoms with E-state index < -0.39 is 17.8 Å². The molecule has 0 bridgehead atoms. The Morgan fingerprint density at radius 2 is 1.85 bits per heavy atom. The van der Waals surface area contributed by atoms with E-state index >= 15 is 0 Å². The second kappa shape index (κ2) is 12.1. The number of methoxy groups -OCH3 is 1. The van der Waals surface area contributed by atoms with Crippen LogP contribution in [0.4, 0.5) is 4.79 Å². The zero-order valence-electron chi connectivity index (χ0n) is 22.6. The zero-order chi connectivity index (χ0) is 28.2. The van der Waals surface area contributed by atoms with Crippen molar-refractivity contribution in [3.63, 3.8) is 0 Å². The van der Waals surface area contributed by atoms with E-state index in [0.29, 0.717) is 39.8 Å². The molecule has 1 N–H and O–H groups in total. The summed E-state index contributed by atoms with van der Waals surface area (Å²) >= 11 is 6.13. The van der Waals surface area contributed by atoms with Crippen LogP contribution in [0.3, 0.4) is 0 Å². The number of aliphatic hydroxyl groups is 1. The standard InChI is InChI=1S/C31H34ClNO6/c1-31(2,3)39-30(36)33(18-28(35)21-6-5-7-24(32)14-21)25-10-8-20-9-11-26(16-22(20)15-25)38-27-12-13-29(37-4)23(17-27)19-34/h5-7,9,11-14,16-17,19,25,28,35H,8,10,15,18H2,1-4H3. The zero-order valence-corrected chi connectivity index (χ0v) is 23.4. The minimum Gasteiger partial charge on any atom is -0.496 e. The van der Waals surface area contributed by atoms with Crippen LogP contribution < -0.4 is 9.47 Å². The lowest BCUT2D eigenvalue weighted by Gasteiger charge is -2.37. The van der Waals surface area contributed by atoms with Crippen LogP contribution in [0.5, 0.6) is 17.2 Å². The number of aldehydes is 1. The first-order chi connectivity index (χ1) is 18.6. The number of halogens is 1. The summed E-state index contributed by atoms with van der Waals surface area (Å²) in [6, 6.07) is 17.8. The Balaban J connectivity index is 1.56. The molecule has 0 heterocycles. The number of aliphatic hydroxyl groups excluding tert-OH is 1. The smallest absolute Gasteiger partial charge is 0.410 e. The Bertz CT molecular complexity index is 1330. The number of fused-ring (bicyclic) bond motifs is 1. The van der Waals surface area contributed by atoms with Crippen molar-refractivity contribution in [1.29, 1.82) is 0 Å². The molecule has 8 heteroatoms. The molecule has 206 valence electrons. The molecule has 2 unspecified atom stereocenters. The van der Waals surface area contributed by atoms with Crippen LogP contribution in [0, 0.1) is 0 Å². The lowest BCUT2D eigenvalue weighted by molar-refractivity contribution is 0.00195. The largest absolute Gasteiger partial charge is 0.496 e. The van der Waals surface area contributed by atoms with Crippen LogP contribution >= 0.6 is 11.6 Å². The SMILES string of the molecule is COc1ccc(Oc2ccc3c(c2)CC(N(CC(O)c2cccc(Cl)c2)C(=O)OC(C)(C)C)CC3)cc1C=O. The van der Waals surface area contributed by atoms with Gasteiger partial charge in [-0.3, -0.25) is 4.79 Å². The molecule has 0 fully saturated rings. The fraction of sp³-hybridized carbons (Fsp3) is 0.355. The van der Waals surface area contributed by atoms with Crippen LogP contribution in [-0.2, 0) is 17.6 Å². The first kappa shape index (κ1) is 28.5. The molecular formula is C31H34ClNO6. The second-order valence-electron chi connectivity index (χ2n) is 10.7. The van der Waals surface area contributed by atoms with E-state index in [2.05, 4.69) is 0 Å². The van der Waals surface area contributed by atoms with Gasteiger partial charge >= 0.3 is 6.09 Å². The molecule has 3 aromatic carbocycles. The summed E-state index contributed by atoms with van der Waals surface area (Å²) in [5.74, 6) is 1.62. The highest BCUT2D eigenvalue weighted by Gasteiger charge is 2.33. The molecule has 2 atom stereocenters. The molecule has 3 aromatic rings. The van der Waals surface area contributed by atoms with Crippen molar-refractivity contribution in [2.75, 3.05) is 13.7 Å². The van der Waals surface area contributed by atoms with Crippen molar-refractivity contribution in [3.05, 3.63) is 87.9 Å². The molecule has 39 heavy (non-hydrogen) atoms. The van der Waals surface area contributed by atoms with Gasteiger partial charge in [0.25, 0.3) is 0 Å². The summed E-state index contributed by atoms with van der Waals surface area (Å²) in [5, 5.41) is 11.5. The molecule has 1 aliphatic carbocycles. The van der Waals surface area contributed by atoms with Crippen LogP contribution in [0.2, 0.25) is 5.02 Å². The van der Waals surface area contributed by atoms with Crippen molar-refractivity contribution in [1.82, 2.24) is 4.90 Å². The number of aryl methyl sites for hydroxylation is 1. The van der Waals surface area contributed by atoms with E-state index in [9.17, 15) is 14.7 Å². The number of nitrogens with zero attached hydrogens (tertiary/aromatic N) is 1. The first-order valence-electron chi connectivity index (χ1n) is 12.9. The van der Waals surface area contributed by atoms with Gasteiger partial charge in [0, 0.05) is 11.1 Å². The molecule has 1 aliphatic rings. The third kappa shape index (κ3) is 7.31. The summed E-state index contributed by atoms with van der Waals surface area (Å²) < 4.78 is 17.0. The number of ether oxygens (including phenoxy) is 3. The molecule has 7 nitrogen and oxygen atoms in total. The predicted molar refractivity (Wildman–Crippen MR) is 150 cm³/mol. The molecule has 0 saturated carbocycles. The molecular weight excluding hydrogens is 518 g/mol. The second-order valence-corrected chi connectivity index (χ2v) is 11.1. The summed E-state index contributed by atoms with van der Waals surface area (Å²) in [7, 11) is 1.51. The third-order valence-corrected chi connectivity index (χ3v) is 6.85. The Kier molecular flexibility index (Phi) is 8.83. The van der Waals surface area contributed by atoms with Gasteiger partial charge in [0.2, 0.25) is 0 Å². The van der Waals surface area contributed by atoms with Gasteiger partial charge in [0.15, 0.2) is 6.29 Å². The number of carbonyl (C=O) groups is 2. The molecule has 4 rings (SSSR count). The maximum Gasteiger partial charge on any atom is 0.410 e. The van der Waals surface area contributed by atoms with Crippen molar-refractivity contribution in [2.24, 2.45) is 0 Å². The van der Waals surface area contributed by atoms with Crippen molar-refractivity contribution in [2.45, 2.75) is 57.8 Å². The van der Waals surface area contributed by atoms with Crippen molar-refractivity contribution < 1.29 is 28.9 Å². The fourth-order valence-corrected chi connectivity index (χ4v) is 4.95. The van der Waals surface area contributed by atoms with E-state index in [0.717, 1.165) is 24.7 Å². The minimum atomic E-state index is -0.922. The van der Waals surface area contributed by atoms with Gasteiger partial charge in [-0.25, -0.2) is 4.79 Å². The van der Waals surface area contributed by atoms with Gasteiger partial charge in [-0.2, -0.15) is 0 Å². The quantitative estimate of drug-likeness (QED) is 0.310. The normalized spacial score (nSPS) is 15.6. The summed E-state index contributed by atoms with van der Waals surface area (Å²) in [4.78, 5) is 26.4. The fourth-order valence-electron chi connectivity index (χ4n) is 4.75. The van der Waals surface area contributed by atoms with E-state index in [1.165, 1.54) is 12.7 Å². The lowest BCUT2D eigenvalue weighted by atomic mass is 9.87. The van der Waals surface area contributed by atoms with Gasteiger partial charge in [0.1, 0.15) is 22.8 Å². The topological polar surface area (TPSA) is 85.3 Å². The molecule has 0 aromatic heterocycles. The Labute approximate surface area is 234 Å². The first-order valence-corrected chi connectivity index (χ1v) is 13.3. The van der Waals surface area contributed by atoms with Gasteiger partial charge in [-0.05, 0) is 99.2 Å². The van der Waals surface area contributed by atoms with Crippen molar-refractivity contribution in [3.8, 4) is 17.2 Å². The number of amides is 1. The van der Waals surface area contributed by atoms with Crippen LogP contribution in [0.15, 0.2) is 60.7 Å². The van der Waals surface area contributed by atoms with Crippen LogP contribution in [-0.4, -0.2) is 47.7 Å². The van der Waals surface area contributed by atoms with E-state index in [4.69, 9.17) is 25.8 Å². The number of carbonyl (C=O) groups excluding carboxylic acids is 2. The van der Waals surface area contributed by atoms with Crippen LogP contribution in [0.25, 0.3) is 0 Å². The Morgan fingerprint density at radius 1 is 1.10 bits per heavy atom. The van der Waals surface area contributed by atoms with E-state index in [-0.39, 0.29) is 12.6 Å². The number of hydrogen-bond donors (Lipinski definition) is 1. The number of hydrogen-bond acceptors (Lipinski definition) is 6. The monoisotopic (exact) mass is 551 g/mol. The Morgan fingerprint density at radius 3 is 2.54 bits per heavy atom. The highest BCUT2D eigenvalue weighted by Crippen LogP contribution is 2.33. The van der Waals surface area contributed by atoms with Gasteiger partial charge in [-0.15, -0.1) is 0 Å². The van der Waals surface area contributed by atoms with Gasteiger partial charge < -0.3 is 24.2 Å². The molecule has 0 radical (unpaired) electrons. The molecule has 0 spiro atoms. The lowest BCUT2D eigenvalue weighted by Crippen LogP contribution is -2.47. The maximum atomic E-state index is 13.3. The molecule has 0 aliphatic heterocycles. The third-order valence-electron chi connectivity index (χ3n) is 6.62. The summed E-state index contributed by atoms with van der Waals surface area (Å²) in [6.07, 6.45) is 1.42. The van der Waals surface area contributed by atoms with E-state index in [1.807, 2.05) is 39.0 Å². The predicted octanol–water partition coefficient (Wildman–Crippen LogP) is 6.78. The minimum absolute atomic E-state index is 0.0752. The highest BCUT2D eigenvalue weighted by atomic mass is 35.5. The Hall–Kier alpha value is -3.55. The maximum absolute atomic E-state index is 13.3.